The molecule has 2 heterocycles. The molecule has 0 fully saturated rings. The van der Waals surface area contributed by atoms with E-state index in [4.69, 9.17) is 0 Å². The minimum Gasteiger partial charge on any atom is -0.345 e. The van der Waals surface area contributed by atoms with Crippen molar-refractivity contribution in [2.45, 2.75) is 13.8 Å². The number of H-pyrrole nitrogens is 1. The van der Waals surface area contributed by atoms with Crippen molar-refractivity contribution in [1.29, 1.82) is 0 Å². The number of aryl methyl sites for hydroxylation is 1. The highest BCUT2D eigenvalue weighted by Crippen LogP contribution is 2.31. The van der Waals surface area contributed by atoms with Gasteiger partial charge in [0.25, 0.3) is 0 Å². The van der Waals surface area contributed by atoms with Gasteiger partial charge in [0, 0.05) is 28.7 Å². The standard InChI is InChI=1S/C17H16FN5O/c1-10-15(11(2)21-16(10)20-9-24)14-7-8-19-17(23-14)22-13-5-3-12(18)4-6-13/h3-9,21H,1-2H3,(H,20,24)(H,19,22,23). The maximum Gasteiger partial charge on any atom is 0.227 e. The molecule has 0 radical (unpaired) electrons. The van der Waals surface area contributed by atoms with Crippen molar-refractivity contribution in [3.63, 3.8) is 0 Å². The van der Waals surface area contributed by atoms with E-state index in [1.807, 2.05) is 13.8 Å². The van der Waals surface area contributed by atoms with E-state index in [9.17, 15) is 9.18 Å². The fourth-order valence-corrected chi connectivity index (χ4v) is 2.56. The monoisotopic (exact) mass is 325 g/mol. The van der Waals surface area contributed by atoms with E-state index < -0.39 is 0 Å². The molecule has 0 atom stereocenters. The summed E-state index contributed by atoms with van der Waals surface area (Å²) >= 11 is 0. The molecule has 0 aliphatic carbocycles. The summed E-state index contributed by atoms with van der Waals surface area (Å²) in [6.07, 6.45) is 2.27. The van der Waals surface area contributed by atoms with Gasteiger partial charge in [0.05, 0.1) is 5.69 Å². The van der Waals surface area contributed by atoms with Gasteiger partial charge in [-0.1, -0.05) is 0 Å². The van der Waals surface area contributed by atoms with Gasteiger partial charge in [-0.15, -0.1) is 0 Å². The van der Waals surface area contributed by atoms with Crippen molar-refractivity contribution in [3.05, 3.63) is 53.6 Å². The molecular weight excluding hydrogens is 309 g/mol. The molecule has 0 saturated carbocycles. The Morgan fingerprint density at radius 3 is 2.62 bits per heavy atom. The Bertz CT molecular complexity index is 873. The van der Waals surface area contributed by atoms with E-state index in [1.165, 1.54) is 12.1 Å². The molecule has 0 aliphatic heterocycles. The average molecular weight is 325 g/mol. The van der Waals surface area contributed by atoms with Crippen LogP contribution in [0, 0.1) is 19.7 Å². The number of hydrogen-bond donors (Lipinski definition) is 3. The zero-order chi connectivity index (χ0) is 17.1. The summed E-state index contributed by atoms with van der Waals surface area (Å²) < 4.78 is 13.0. The number of rotatable bonds is 5. The quantitative estimate of drug-likeness (QED) is 0.627. The summed E-state index contributed by atoms with van der Waals surface area (Å²) in [5, 5.41) is 5.68. The molecule has 0 spiro atoms. The normalized spacial score (nSPS) is 10.5. The van der Waals surface area contributed by atoms with Crippen LogP contribution in [-0.2, 0) is 4.79 Å². The van der Waals surface area contributed by atoms with Crippen molar-refractivity contribution < 1.29 is 9.18 Å². The third-order valence-corrected chi connectivity index (χ3v) is 3.65. The van der Waals surface area contributed by atoms with Gasteiger partial charge < -0.3 is 15.6 Å². The van der Waals surface area contributed by atoms with Crippen LogP contribution in [0.5, 0.6) is 0 Å². The zero-order valence-corrected chi connectivity index (χ0v) is 13.2. The van der Waals surface area contributed by atoms with Gasteiger partial charge in [-0.25, -0.2) is 14.4 Å². The predicted octanol–water partition coefficient (Wildman–Crippen LogP) is 3.54. The van der Waals surface area contributed by atoms with Gasteiger partial charge in [-0.05, 0) is 44.2 Å². The molecule has 1 aromatic carbocycles. The summed E-state index contributed by atoms with van der Waals surface area (Å²) in [5.41, 5.74) is 4.11. The number of carbonyl (C=O) groups excluding carboxylic acids is 1. The number of hydrogen-bond acceptors (Lipinski definition) is 4. The van der Waals surface area contributed by atoms with E-state index in [-0.39, 0.29) is 5.82 Å². The Labute approximate surface area is 138 Å². The Morgan fingerprint density at radius 1 is 1.17 bits per heavy atom. The van der Waals surface area contributed by atoms with Gasteiger partial charge in [-0.3, -0.25) is 4.79 Å². The highest BCUT2D eigenvalue weighted by molar-refractivity contribution is 5.79. The van der Waals surface area contributed by atoms with Crippen LogP contribution in [0.4, 0.5) is 21.8 Å². The number of aromatic amines is 1. The van der Waals surface area contributed by atoms with Crippen LogP contribution in [-0.4, -0.2) is 21.4 Å². The first-order chi connectivity index (χ1) is 11.6. The number of nitrogens with zero attached hydrogens (tertiary/aromatic N) is 2. The van der Waals surface area contributed by atoms with Gasteiger partial charge in [-0.2, -0.15) is 0 Å². The molecule has 122 valence electrons. The van der Waals surface area contributed by atoms with E-state index in [2.05, 4.69) is 25.6 Å². The van der Waals surface area contributed by atoms with E-state index in [0.29, 0.717) is 23.9 Å². The van der Waals surface area contributed by atoms with Gasteiger partial charge in [0.15, 0.2) is 0 Å². The molecule has 0 saturated heterocycles. The summed E-state index contributed by atoms with van der Waals surface area (Å²) in [6, 6.07) is 7.76. The molecule has 0 bridgehead atoms. The van der Waals surface area contributed by atoms with E-state index in [1.54, 1.807) is 24.4 Å². The SMILES string of the molecule is Cc1[nH]c(NC=O)c(C)c1-c1ccnc(Nc2ccc(F)cc2)n1. The minimum atomic E-state index is -0.302. The zero-order valence-electron chi connectivity index (χ0n) is 13.2. The Balaban J connectivity index is 1.93. The fourth-order valence-electron chi connectivity index (χ4n) is 2.56. The second-order valence-electron chi connectivity index (χ2n) is 5.28. The van der Waals surface area contributed by atoms with Crippen LogP contribution in [0.15, 0.2) is 36.5 Å². The third-order valence-electron chi connectivity index (χ3n) is 3.65. The summed E-state index contributed by atoms with van der Waals surface area (Å²) in [4.78, 5) is 22.5. The summed E-state index contributed by atoms with van der Waals surface area (Å²) in [7, 11) is 0. The van der Waals surface area contributed by atoms with Crippen LogP contribution in [0.1, 0.15) is 11.3 Å². The maximum atomic E-state index is 13.0. The number of nitrogens with one attached hydrogen (secondary N) is 3. The van der Waals surface area contributed by atoms with Crippen molar-refractivity contribution in [1.82, 2.24) is 15.0 Å². The molecule has 3 N–H and O–H groups in total. The van der Waals surface area contributed by atoms with E-state index in [0.717, 1.165) is 22.5 Å². The fraction of sp³-hybridized carbons (Fsp3) is 0.118. The second kappa shape index (κ2) is 6.49. The molecule has 3 aromatic rings. The van der Waals surface area contributed by atoms with Gasteiger partial charge in [0.1, 0.15) is 11.6 Å². The lowest BCUT2D eigenvalue weighted by Crippen LogP contribution is -1.98. The lowest BCUT2D eigenvalue weighted by atomic mass is 10.1. The number of anilines is 3. The van der Waals surface area contributed by atoms with Crippen LogP contribution < -0.4 is 10.6 Å². The van der Waals surface area contributed by atoms with Gasteiger partial charge in [0.2, 0.25) is 12.4 Å². The molecule has 2 aromatic heterocycles. The summed E-state index contributed by atoms with van der Waals surface area (Å²) in [5.74, 6) is 0.747. The Hall–Kier alpha value is -3.22. The van der Waals surface area contributed by atoms with Crippen molar-refractivity contribution in [2.24, 2.45) is 0 Å². The molecule has 3 rings (SSSR count). The Morgan fingerprint density at radius 2 is 1.92 bits per heavy atom. The number of halogens is 1. The van der Waals surface area contributed by atoms with Crippen molar-refractivity contribution in [3.8, 4) is 11.3 Å². The number of aromatic nitrogens is 3. The highest BCUT2D eigenvalue weighted by atomic mass is 19.1. The second-order valence-corrected chi connectivity index (χ2v) is 5.28. The van der Waals surface area contributed by atoms with Crippen molar-refractivity contribution in [2.75, 3.05) is 10.6 Å². The first-order valence-electron chi connectivity index (χ1n) is 7.34. The van der Waals surface area contributed by atoms with Gasteiger partial charge >= 0.3 is 0 Å². The largest absolute Gasteiger partial charge is 0.345 e. The third kappa shape index (κ3) is 3.10. The van der Waals surface area contributed by atoms with Crippen molar-refractivity contribution >= 4 is 23.9 Å². The molecular formula is C17H16FN5O. The van der Waals surface area contributed by atoms with Crippen LogP contribution in [0.3, 0.4) is 0 Å². The Kier molecular flexibility index (Phi) is 4.24. The molecule has 0 unspecified atom stereocenters. The average Bonchev–Trinajstić information content (AvgIpc) is 2.84. The molecule has 1 amide bonds. The smallest absolute Gasteiger partial charge is 0.227 e. The lowest BCUT2D eigenvalue weighted by molar-refractivity contribution is -0.105. The molecule has 0 aliphatic rings. The first-order valence-corrected chi connectivity index (χ1v) is 7.34. The first kappa shape index (κ1) is 15.7. The topological polar surface area (TPSA) is 82.7 Å². The lowest BCUT2D eigenvalue weighted by Gasteiger charge is -2.07. The molecule has 7 heteroatoms. The molecule has 6 nitrogen and oxygen atoms in total. The number of benzene rings is 1. The van der Waals surface area contributed by atoms with Crippen LogP contribution >= 0.6 is 0 Å². The minimum absolute atomic E-state index is 0.302. The van der Waals surface area contributed by atoms with Crippen LogP contribution in [0.2, 0.25) is 0 Å². The van der Waals surface area contributed by atoms with Crippen LogP contribution in [0.25, 0.3) is 11.3 Å². The maximum absolute atomic E-state index is 13.0. The summed E-state index contributed by atoms with van der Waals surface area (Å²) in [6.45, 7) is 3.81. The number of carbonyl (C=O) groups is 1. The highest BCUT2D eigenvalue weighted by Gasteiger charge is 2.14. The van der Waals surface area contributed by atoms with E-state index >= 15 is 0 Å². The molecule has 24 heavy (non-hydrogen) atoms. The number of amides is 1. The predicted molar refractivity (Wildman–Crippen MR) is 90.7 cm³/mol.